The fraction of sp³-hybridized carbons (Fsp3) is 0.364. The first-order valence-electron chi connectivity index (χ1n) is 10.6. The van der Waals surface area contributed by atoms with Crippen molar-refractivity contribution in [3.63, 3.8) is 0 Å². The number of morpholine rings is 1. The van der Waals surface area contributed by atoms with E-state index in [-0.39, 0.29) is 10.8 Å². The summed E-state index contributed by atoms with van der Waals surface area (Å²) in [6.07, 6.45) is 0. The number of hydrogen-bond donors (Lipinski definition) is 1. The first-order valence-corrected chi connectivity index (χ1v) is 12.4. The van der Waals surface area contributed by atoms with E-state index in [1.54, 1.807) is 11.8 Å². The van der Waals surface area contributed by atoms with Crippen molar-refractivity contribution in [1.82, 2.24) is 24.7 Å². The van der Waals surface area contributed by atoms with Crippen molar-refractivity contribution in [1.29, 1.82) is 0 Å². The number of nitrogens with zero attached hydrogens (tertiary/aromatic N) is 5. The molecule has 5 rings (SSSR count). The van der Waals surface area contributed by atoms with Gasteiger partial charge in [0.2, 0.25) is 5.95 Å². The van der Waals surface area contributed by atoms with E-state index in [0.29, 0.717) is 24.4 Å². The van der Waals surface area contributed by atoms with Crippen molar-refractivity contribution in [2.24, 2.45) is 0 Å². The summed E-state index contributed by atoms with van der Waals surface area (Å²) in [5.74, 6) is 1.51. The average molecular weight is 469 g/mol. The standard InChI is InChI=1S/C22H24N6O2S2/c1-3-28-21(27-9-11-30-12-10-27)25-26-22(28)32-14(2)18-23-19(29)17-16(13-31-20(17)24-18)15-7-5-4-6-8-15/h4-8,13-14H,3,9-12H2,1-2H3,(H,23,24,29)/t14-/m0/s1. The van der Waals surface area contributed by atoms with E-state index in [1.165, 1.54) is 11.3 Å². The van der Waals surface area contributed by atoms with Gasteiger partial charge in [-0.3, -0.25) is 9.36 Å². The van der Waals surface area contributed by atoms with Gasteiger partial charge in [0.25, 0.3) is 5.56 Å². The maximum absolute atomic E-state index is 13.0. The SMILES string of the molecule is CCn1c(S[C@@H](C)c2nc3scc(-c4ccccc4)c3c(=O)[nH]2)nnc1N1CCOCC1. The first-order chi connectivity index (χ1) is 15.7. The number of aromatic amines is 1. The molecule has 0 unspecified atom stereocenters. The number of thioether (sulfide) groups is 1. The fourth-order valence-electron chi connectivity index (χ4n) is 3.84. The number of benzene rings is 1. The van der Waals surface area contributed by atoms with Gasteiger partial charge in [0.15, 0.2) is 5.16 Å². The van der Waals surface area contributed by atoms with E-state index in [2.05, 4.69) is 31.6 Å². The highest BCUT2D eigenvalue weighted by Crippen LogP contribution is 2.36. The number of thiophene rings is 1. The van der Waals surface area contributed by atoms with Crippen LogP contribution >= 0.6 is 23.1 Å². The van der Waals surface area contributed by atoms with Gasteiger partial charge in [0.05, 0.1) is 23.8 Å². The maximum Gasteiger partial charge on any atom is 0.260 e. The summed E-state index contributed by atoms with van der Waals surface area (Å²) in [4.78, 5) is 23.7. The summed E-state index contributed by atoms with van der Waals surface area (Å²) in [7, 11) is 0. The number of H-pyrrole nitrogens is 1. The minimum absolute atomic E-state index is 0.0820. The lowest BCUT2D eigenvalue weighted by Crippen LogP contribution is -2.38. The van der Waals surface area contributed by atoms with Crippen LogP contribution in [-0.4, -0.2) is 51.0 Å². The summed E-state index contributed by atoms with van der Waals surface area (Å²) in [5.41, 5.74) is 1.84. The molecule has 0 spiro atoms. The van der Waals surface area contributed by atoms with Gasteiger partial charge in [0.1, 0.15) is 10.7 Å². The minimum Gasteiger partial charge on any atom is -0.378 e. The van der Waals surface area contributed by atoms with Crippen LogP contribution in [0.4, 0.5) is 5.95 Å². The number of hydrogen-bond acceptors (Lipinski definition) is 8. The molecule has 1 aliphatic rings. The van der Waals surface area contributed by atoms with E-state index in [0.717, 1.165) is 46.7 Å². The van der Waals surface area contributed by atoms with Gasteiger partial charge < -0.3 is 14.6 Å². The van der Waals surface area contributed by atoms with Crippen LogP contribution in [0, 0.1) is 0 Å². The topological polar surface area (TPSA) is 88.9 Å². The molecule has 3 aromatic heterocycles. The zero-order valence-electron chi connectivity index (χ0n) is 17.9. The van der Waals surface area contributed by atoms with E-state index in [4.69, 9.17) is 9.72 Å². The molecule has 10 heteroatoms. The van der Waals surface area contributed by atoms with Crippen LogP contribution in [-0.2, 0) is 11.3 Å². The second-order valence-corrected chi connectivity index (χ2v) is 9.70. The molecular weight excluding hydrogens is 444 g/mol. The zero-order chi connectivity index (χ0) is 22.1. The monoisotopic (exact) mass is 468 g/mol. The Kier molecular flexibility index (Phi) is 5.99. The van der Waals surface area contributed by atoms with Crippen LogP contribution in [0.25, 0.3) is 21.3 Å². The Bertz CT molecular complexity index is 1280. The zero-order valence-corrected chi connectivity index (χ0v) is 19.6. The maximum atomic E-state index is 13.0. The van der Waals surface area contributed by atoms with Crippen LogP contribution in [0.2, 0.25) is 0 Å². The predicted molar refractivity (Wildman–Crippen MR) is 129 cm³/mol. The molecule has 1 saturated heterocycles. The molecule has 0 bridgehead atoms. The molecule has 4 heterocycles. The molecule has 1 atom stereocenters. The lowest BCUT2D eigenvalue weighted by Gasteiger charge is -2.27. The van der Waals surface area contributed by atoms with Crippen molar-refractivity contribution < 1.29 is 4.74 Å². The van der Waals surface area contributed by atoms with Crippen LogP contribution in [0.5, 0.6) is 0 Å². The fourth-order valence-corrected chi connectivity index (χ4v) is 5.76. The number of aromatic nitrogens is 5. The summed E-state index contributed by atoms with van der Waals surface area (Å²) < 4.78 is 7.57. The Balaban J connectivity index is 1.43. The molecule has 0 radical (unpaired) electrons. The average Bonchev–Trinajstić information content (AvgIpc) is 3.44. The lowest BCUT2D eigenvalue weighted by atomic mass is 10.1. The predicted octanol–water partition coefficient (Wildman–Crippen LogP) is 3.95. The van der Waals surface area contributed by atoms with Gasteiger partial charge in [0, 0.05) is 30.6 Å². The van der Waals surface area contributed by atoms with Crippen LogP contribution in [0.15, 0.2) is 45.7 Å². The molecule has 4 aromatic rings. The molecule has 8 nitrogen and oxygen atoms in total. The Labute approximate surface area is 193 Å². The number of nitrogens with one attached hydrogen (secondary N) is 1. The Morgan fingerprint density at radius 3 is 2.75 bits per heavy atom. The molecule has 1 N–H and O–H groups in total. The Hall–Kier alpha value is -2.69. The molecule has 1 aliphatic heterocycles. The molecular formula is C22H24N6O2S2. The van der Waals surface area contributed by atoms with Gasteiger partial charge >= 0.3 is 0 Å². The smallest absolute Gasteiger partial charge is 0.260 e. The summed E-state index contributed by atoms with van der Waals surface area (Å²) in [6.45, 7) is 7.91. The van der Waals surface area contributed by atoms with Gasteiger partial charge in [-0.15, -0.1) is 21.5 Å². The molecule has 32 heavy (non-hydrogen) atoms. The van der Waals surface area contributed by atoms with Gasteiger partial charge in [-0.1, -0.05) is 42.1 Å². The molecule has 0 amide bonds. The van der Waals surface area contributed by atoms with Crippen molar-refractivity contribution in [2.75, 3.05) is 31.2 Å². The highest BCUT2D eigenvalue weighted by molar-refractivity contribution is 7.99. The van der Waals surface area contributed by atoms with Crippen LogP contribution < -0.4 is 10.5 Å². The number of ether oxygens (including phenoxy) is 1. The number of fused-ring (bicyclic) bond motifs is 1. The van der Waals surface area contributed by atoms with Gasteiger partial charge in [-0.2, -0.15) is 0 Å². The first kappa shape index (κ1) is 21.2. The molecule has 1 aromatic carbocycles. The van der Waals surface area contributed by atoms with Crippen LogP contribution in [0.3, 0.4) is 0 Å². The van der Waals surface area contributed by atoms with E-state index >= 15 is 0 Å². The summed E-state index contributed by atoms with van der Waals surface area (Å²) >= 11 is 3.06. The van der Waals surface area contributed by atoms with Gasteiger partial charge in [-0.25, -0.2) is 4.98 Å². The van der Waals surface area contributed by atoms with Crippen molar-refractivity contribution in [3.05, 3.63) is 51.9 Å². The third-order valence-corrected chi connectivity index (χ3v) is 7.48. The van der Waals surface area contributed by atoms with E-state index in [9.17, 15) is 4.79 Å². The van der Waals surface area contributed by atoms with Crippen LogP contribution in [0.1, 0.15) is 24.9 Å². The molecule has 0 aliphatic carbocycles. The number of rotatable bonds is 6. The van der Waals surface area contributed by atoms with Gasteiger partial charge in [-0.05, 0) is 19.4 Å². The van der Waals surface area contributed by atoms with E-state index < -0.39 is 0 Å². The molecule has 0 saturated carbocycles. The lowest BCUT2D eigenvalue weighted by molar-refractivity contribution is 0.121. The Morgan fingerprint density at radius 1 is 1.22 bits per heavy atom. The molecule has 1 fully saturated rings. The Morgan fingerprint density at radius 2 is 2.00 bits per heavy atom. The third kappa shape index (κ3) is 3.94. The summed E-state index contributed by atoms with van der Waals surface area (Å²) in [5, 5.41) is 12.3. The van der Waals surface area contributed by atoms with Crippen molar-refractivity contribution in [2.45, 2.75) is 30.8 Å². The second-order valence-electron chi connectivity index (χ2n) is 7.53. The number of anilines is 1. The second kappa shape index (κ2) is 9.05. The highest BCUT2D eigenvalue weighted by atomic mass is 32.2. The quantitative estimate of drug-likeness (QED) is 0.429. The summed E-state index contributed by atoms with van der Waals surface area (Å²) in [6, 6.07) is 9.94. The highest BCUT2D eigenvalue weighted by Gasteiger charge is 2.23. The van der Waals surface area contributed by atoms with Crippen molar-refractivity contribution >= 4 is 39.3 Å². The third-order valence-electron chi connectivity index (χ3n) is 5.52. The largest absolute Gasteiger partial charge is 0.378 e. The van der Waals surface area contributed by atoms with Crippen molar-refractivity contribution in [3.8, 4) is 11.1 Å². The minimum atomic E-state index is -0.108. The van der Waals surface area contributed by atoms with E-state index in [1.807, 2.05) is 42.6 Å². The normalized spacial score (nSPS) is 15.4. The molecule has 166 valence electrons.